The molecule has 0 fully saturated rings. The van der Waals surface area contributed by atoms with E-state index in [1.807, 2.05) is 0 Å². The van der Waals surface area contributed by atoms with Crippen molar-refractivity contribution in [1.82, 2.24) is 5.32 Å². The first kappa shape index (κ1) is 20.4. The summed E-state index contributed by atoms with van der Waals surface area (Å²) in [6.45, 7) is 0.976. The molecular weight excluding hydrogens is 439 g/mol. The lowest BCUT2D eigenvalue weighted by atomic mass is 9.92. The maximum atomic E-state index is 11.4. The number of carboxylic acids is 1. The minimum atomic E-state index is -1.57. The molecule has 0 aromatic carbocycles. The zero-order valence-corrected chi connectivity index (χ0v) is 14.8. The van der Waals surface area contributed by atoms with Gasteiger partial charge in [0.15, 0.2) is 5.96 Å². The fourth-order valence-corrected chi connectivity index (χ4v) is 2.56. The molecule has 1 aliphatic heterocycles. The number of halogens is 1. The van der Waals surface area contributed by atoms with Crippen molar-refractivity contribution in [3.8, 4) is 0 Å². The summed E-state index contributed by atoms with van der Waals surface area (Å²) in [6.07, 6.45) is -3.18. The second kappa shape index (κ2) is 9.00. The van der Waals surface area contributed by atoms with Crippen molar-refractivity contribution in [1.29, 1.82) is 0 Å². The fraction of sp³-hybridized carbons (Fsp3) is 0.583. The monoisotopic (exact) mass is 458 g/mol. The summed E-state index contributed by atoms with van der Waals surface area (Å²) in [6, 6.07) is -2.02. The highest BCUT2D eigenvalue weighted by atomic mass is 127. The zero-order valence-electron chi connectivity index (χ0n) is 12.6. The van der Waals surface area contributed by atoms with Crippen LogP contribution in [0.2, 0.25) is 0 Å². The van der Waals surface area contributed by atoms with E-state index in [2.05, 4.69) is 10.3 Å². The number of rotatable bonds is 7. The topological polar surface area (TPSA) is 190 Å². The molecule has 0 aliphatic carbocycles. The third-order valence-electron chi connectivity index (χ3n) is 3.15. The number of hydrogen-bond donors (Lipinski definition) is 6. The molecule has 1 amide bonds. The van der Waals surface area contributed by atoms with Crippen LogP contribution in [0.4, 0.5) is 0 Å². The van der Waals surface area contributed by atoms with Gasteiger partial charge in [-0.1, -0.05) is 0 Å². The van der Waals surface area contributed by atoms with Crippen molar-refractivity contribution in [2.24, 2.45) is 16.5 Å². The third kappa shape index (κ3) is 5.47. The van der Waals surface area contributed by atoms with Crippen LogP contribution in [0.1, 0.15) is 6.92 Å². The number of amides is 1. The number of carboxylic acid groups (broad SMARTS) is 1. The molecule has 11 nitrogen and oxygen atoms in total. The first-order valence-electron chi connectivity index (χ1n) is 6.74. The van der Waals surface area contributed by atoms with Crippen molar-refractivity contribution in [3.63, 3.8) is 0 Å². The van der Waals surface area contributed by atoms with E-state index in [0.29, 0.717) is 0 Å². The molecule has 1 rings (SSSR count). The van der Waals surface area contributed by atoms with Gasteiger partial charge in [0, 0.05) is 6.92 Å². The van der Waals surface area contributed by atoms with Gasteiger partial charge >= 0.3 is 5.97 Å². The average molecular weight is 458 g/mol. The Labute approximate surface area is 151 Å². The number of carbonyl (C=O) groups excluding carboxylic acids is 1. The van der Waals surface area contributed by atoms with Crippen LogP contribution in [0.25, 0.3) is 0 Å². The average Bonchev–Trinajstić information content (AvgIpc) is 2.47. The number of aliphatic imine (C=N–C) groups is 1. The van der Waals surface area contributed by atoms with Crippen molar-refractivity contribution in [2.75, 3.05) is 6.61 Å². The Balaban J connectivity index is 3.25. The van der Waals surface area contributed by atoms with Crippen LogP contribution in [-0.4, -0.2) is 70.2 Å². The van der Waals surface area contributed by atoms with Gasteiger partial charge in [0.2, 0.25) is 11.7 Å². The van der Waals surface area contributed by atoms with Crippen LogP contribution in [0.15, 0.2) is 16.8 Å². The Morgan fingerprint density at radius 3 is 2.58 bits per heavy atom. The third-order valence-corrected chi connectivity index (χ3v) is 3.51. The van der Waals surface area contributed by atoms with Gasteiger partial charge in [0.1, 0.15) is 41.3 Å². The standard InChI is InChI=1S/C12H19IN4O7/c1-4(18)16-8-5(17-12(14)15)2-7(11(21)22)24-10(8)9(20)6(19)3-23-13/h2,5-6,8-10,19-20H,3H2,1H3,(H,16,18)(H,21,22)(H4,14,15,17)/t5-,6+,8+,9+,10+/m0/s1. The summed E-state index contributed by atoms with van der Waals surface area (Å²) >= 11 is 1.52. The lowest BCUT2D eigenvalue weighted by Crippen LogP contribution is -2.59. The molecule has 1 heterocycles. The summed E-state index contributed by atoms with van der Waals surface area (Å²) in [4.78, 5) is 26.5. The normalized spacial score (nSPS) is 25.7. The molecule has 0 unspecified atom stereocenters. The molecule has 0 saturated carbocycles. The van der Waals surface area contributed by atoms with Gasteiger partial charge in [0.25, 0.3) is 0 Å². The zero-order chi connectivity index (χ0) is 18.4. The second-order valence-electron chi connectivity index (χ2n) is 5.02. The molecule has 12 heteroatoms. The quantitative estimate of drug-likeness (QED) is 0.137. The van der Waals surface area contributed by atoms with E-state index in [1.54, 1.807) is 0 Å². The van der Waals surface area contributed by atoms with Crippen molar-refractivity contribution < 1.29 is 32.7 Å². The fourth-order valence-electron chi connectivity index (χ4n) is 2.19. The van der Waals surface area contributed by atoms with Crippen LogP contribution in [-0.2, 0) is 17.4 Å². The molecule has 8 N–H and O–H groups in total. The van der Waals surface area contributed by atoms with E-state index in [4.69, 9.17) is 24.4 Å². The van der Waals surface area contributed by atoms with E-state index in [0.717, 1.165) is 6.08 Å². The summed E-state index contributed by atoms with van der Waals surface area (Å²) in [5.74, 6) is -2.76. The molecule has 0 spiro atoms. The van der Waals surface area contributed by atoms with E-state index in [9.17, 15) is 19.8 Å². The van der Waals surface area contributed by atoms with Gasteiger partial charge in [-0.05, 0) is 6.08 Å². The molecule has 0 radical (unpaired) electrons. The first-order chi connectivity index (χ1) is 11.2. The predicted molar refractivity (Wildman–Crippen MR) is 89.8 cm³/mol. The first-order valence-corrected chi connectivity index (χ1v) is 7.62. The van der Waals surface area contributed by atoms with Gasteiger partial charge in [-0.3, -0.25) is 4.79 Å². The molecular formula is C12H19IN4O7. The Hall–Kier alpha value is -1.64. The molecule has 0 saturated heterocycles. The van der Waals surface area contributed by atoms with Crippen molar-refractivity contribution >= 4 is 40.8 Å². The van der Waals surface area contributed by atoms with Gasteiger partial charge in [-0.25, -0.2) is 9.79 Å². The largest absolute Gasteiger partial charge is 0.478 e. The minimum absolute atomic E-state index is 0.243. The molecule has 5 atom stereocenters. The maximum absolute atomic E-state index is 11.4. The van der Waals surface area contributed by atoms with Crippen LogP contribution >= 0.6 is 23.0 Å². The van der Waals surface area contributed by atoms with E-state index in [1.165, 1.54) is 29.9 Å². The lowest BCUT2D eigenvalue weighted by Gasteiger charge is -2.38. The number of hydrogen-bond acceptors (Lipinski definition) is 7. The number of aliphatic carboxylic acids is 1. The van der Waals surface area contributed by atoms with Crippen molar-refractivity contribution in [2.45, 2.75) is 37.3 Å². The Kier molecular flexibility index (Phi) is 7.65. The smallest absolute Gasteiger partial charge is 0.370 e. The van der Waals surface area contributed by atoms with Crippen LogP contribution in [0.3, 0.4) is 0 Å². The predicted octanol–water partition coefficient (Wildman–Crippen LogP) is -2.41. The molecule has 136 valence electrons. The number of aliphatic hydroxyl groups is 2. The van der Waals surface area contributed by atoms with Crippen molar-refractivity contribution in [3.05, 3.63) is 11.8 Å². The summed E-state index contributed by atoms with van der Waals surface area (Å²) in [5.41, 5.74) is 10.7. The van der Waals surface area contributed by atoms with Gasteiger partial charge in [-0.2, -0.15) is 0 Å². The highest BCUT2D eigenvalue weighted by Crippen LogP contribution is 2.25. The molecule has 0 aromatic rings. The number of nitrogens with two attached hydrogens (primary N) is 2. The summed E-state index contributed by atoms with van der Waals surface area (Å²) in [5, 5.41) is 31.8. The number of ether oxygens (including phenoxy) is 1. The Morgan fingerprint density at radius 2 is 2.12 bits per heavy atom. The van der Waals surface area contributed by atoms with E-state index < -0.39 is 48.0 Å². The molecule has 24 heavy (non-hydrogen) atoms. The van der Waals surface area contributed by atoms with E-state index >= 15 is 0 Å². The molecule has 1 aliphatic rings. The highest BCUT2D eigenvalue weighted by Gasteiger charge is 2.43. The summed E-state index contributed by atoms with van der Waals surface area (Å²) in [7, 11) is 0. The molecule has 0 bridgehead atoms. The summed E-state index contributed by atoms with van der Waals surface area (Å²) < 4.78 is 9.95. The van der Waals surface area contributed by atoms with Gasteiger partial charge in [-0.15, -0.1) is 0 Å². The lowest BCUT2D eigenvalue weighted by molar-refractivity contribution is -0.145. The SMILES string of the molecule is CC(=O)N[C@H]1[C@H]([C@H](O)[C@H](O)COI)OC(C(=O)O)=C[C@@H]1N=C(N)N. The van der Waals surface area contributed by atoms with Gasteiger partial charge < -0.3 is 39.9 Å². The van der Waals surface area contributed by atoms with Crippen LogP contribution in [0, 0.1) is 0 Å². The van der Waals surface area contributed by atoms with Crippen LogP contribution in [0.5, 0.6) is 0 Å². The highest BCUT2D eigenvalue weighted by molar-refractivity contribution is 14.1. The van der Waals surface area contributed by atoms with E-state index in [-0.39, 0.29) is 12.6 Å². The Morgan fingerprint density at radius 1 is 1.50 bits per heavy atom. The molecule has 0 aromatic heterocycles. The minimum Gasteiger partial charge on any atom is -0.478 e. The number of carbonyl (C=O) groups is 2. The number of nitrogens with one attached hydrogen (secondary N) is 1. The number of guanidine groups is 1. The van der Waals surface area contributed by atoms with Gasteiger partial charge in [0.05, 0.1) is 18.7 Å². The van der Waals surface area contributed by atoms with Crippen LogP contribution < -0.4 is 16.8 Å². The Bertz CT molecular complexity index is 537. The number of aliphatic hydroxyl groups excluding tert-OH is 2. The second-order valence-corrected chi connectivity index (χ2v) is 5.65. The maximum Gasteiger partial charge on any atom is 0.370 e. The number of nitrogens with zero attached hydrogens (tertiary/aromatic N) is 1.